The van der Waals surface area contributed by atoms with Crippen molar-refractivity contribution in [3.05, 3.63) is 59.2 Å². The summed E-state index contributed by atoms with van der Waals surface area (Å²) in [6, 6.07) is 0.388. The summed E-state index contributed by atoms with van der Waals surface area (Å²) < 4.78 is 13.6. The van der Waals surface area contributed by atoms with Crippen LogP contribution in [0.4, 0.5) is 4.39 Å². The van der Waals surface area contributed by atoms with Crippen LogP contribution >= 0.6 is 9.24 Å². The van der Waals surface area contributed by atoms with Gasteiger partial charge in [-0.25, -0.2) is 4.39 Å². The third kappa shape index (κ3) is 6.97. The molecule has 0 bridgehead atoms. The van der Waals surface area contributed by atoms with Gasteiger partial charge in [0.2, 0.25) is 0 Å². The van der Waals surface area contributed by atoms with E-state index in [0.29, 0.717) is 17.9 Å². The van der Waals surface area contributed by atoms with E-state index < -0.39 is 0 Å². The average Bonchev–Trinajstić information content (AvgIpc) is 2.55. The highest BCUT2D eigenvalue weighted by molar-refractivity contribution is 7.20. The number of halogens is 1. The summed E-state index contributed by atoms with van der Waals surface area (Å²) in [7, 11) is 2.30. The quantitative estimate of drug-likeness (QED) is 0.479. The standard InChI is InChI=1S/C20H31FNP/c1-4-6-18(13-19(21)14-23)16(5-2)8-7-15(3)17-9-11-20(22)12-10-17/h4-8,13-15,17,20H,9-12,22-23H2,1-3H3/b6-4-,8-7-,16-5-,18-13+,19-14-. The minimum Gasteiger partial charge on any atom is -0.328 e. The molecule has 0 amide bonds. The fourth-order valence-electron chi connectivity index (χ4n) is 3.05. The summed E-state index contributed by atoms with van der Waals surface area (Å²) in [6.07, 6.45) is 16.5. The first-order chi connectivity index (χ1) is 11.0. The second kappa shape index (κ2) is 10.7. The van der Waals surface area contributed by atoms with Crippen molar-refractivity contribution in [2.45, 2.75) is 52.5 Å². The molecule has 2 unspecified atom stereocenters. The second-order valence-corrected chi connectivity index (χ2v) is 6.62. The van der Waals surface area contributed by atoms with E-state index in [1.807, 2.05) is 32.1 Å². The highest BCUT2D eigenvalue weighted by Gasteiger charge is 2.21. The Morgan fingerprint density at radius 3 is 2.30 bits per heavy atom. The van der Waals surface area contributed by atoms with Gasteiger partial charge in [0.25, 0.3) is 0 Å². The first-order valence-electron chi connectivity index (χ1n) is 8.54. The van der Waals surface area contributed by atoms with E-state index in [1.54, 1.807) is 6.08 Å². The number of nitrogens with two attached hydrogens (primary N) is 1. The maximum absolute atomic E-state index is 13.6. The van der Waals surface area contributed by atoms with Crippen LogP contribution < -0.4 is 5.73 Å². The molecular formula is C20H31FNP. The molecule has 2 N–H and O–H groups in total. The molecule has 0 aromatic carbocycles. The molecule has 2 atom stereocenters. The molecule has 0 aromatic rings. The Morgan fingerprint density at radius 1 is 1.13 bits per heavy atom. The Labute approximate surface area is 143 Å². The molecule has 0 saturated heterocycles. The van der Waals surface area contributed by atoms with Crippen molar-refractivity contribution in [3.63, 3.8) is 0 Å². The SMILES string of the molecule is C\C=C/C(=C\C(F)=C\P)C(/C=C\C(C)C1CCC(N)CC1)=C\C. The van der Waals surface area contributed by atoms with Crippen LogP contribution in [-0.4, -0.2) is 6.04 Å². The number of hydrogen-bond acceptors (Lipinski definition) is 1. The molecule has 0 aliphatic heterocycles. The van der Waals surface area contributed by atoms with Crippen molar-refractivity contribution in [1.29, 1.82) is 0 Å². The lowest BCUT2D eigenvalue weighted by molar-refractivity contribution is 0.277. The zero-order valence-corrected chi connectivity index (χ0v) is 15.8. The van der Waals surface area contributed by atoms with Crippen LogP contribution in [0, 0.1) is 11.8 Å². The molecule has 1 nitrogen and oxygen atoms in total. The molecule has 1 aliphatic carbocycles. The van der Waals surface area contributed by atoms with Gasteiger partial charge in [0.05, 0.1) is 0 Å². The van der Waals surface area contributed by atoms with E-state index in [9.17, 15) is 4.39 Å². The topological polar surface area (TPSA) is 26.0 Å². The van der Waals surface area contributed by atoms with Crippen molar-refractivity contribution >= 4 is 9.24 Å². The lowest BCUT2D eigenvalue weighted by Crippen LogP contribution is -2.28. The summed E-state index contributed by atoms with van der Waals surface area (Å²) in [4.78, 5) is 0. The van der Waals surface area contributed by atoms with E-state index in [-0.39, 0.29) is 5.83 Å². The van der Waals surface area contributed by atoms with Crippen molar-refractivity contribution in [2.75, 3.05) is 0 Å². The normalized spacial score (nSPS) is 26.3. The fourth-order valence-corrected chi connectivity index (χ4v) is 3.14. The average molecular weight is 335 g/mol. The van der Waals surface area contributed by atoms with Crippen LogP contribution in [0.1, 0.15) is 46.5 Å². The number of hydrogen-bond donors (Lipinski definition) is 1. The van der Waals surface area contributed by atoms with Gasteiger partial charge in [-0.15, -0.1) is 9.24 Å². The maximum atomic E-state index is 13.6. The summed E-state index contributed by atoms with van der Waals surface area (Å²) in [5.74, 6) is 2.38. The minimum atomic E-state index is -0.245. The molecule has 1 aliphatic rings. The summed E-state index contributed by atoms with van der Waals surface area (Å²) in [5.41, 5.74) is 7.92. The van der Waals surface area contributed by atoms with Crippen molar-refractivity contribution < 1.29 is 4.39 Å². The van der Waals surface area contributed by atoms with E-state index >= 15 is 0 Å². The summed E-state index contributed by atoms with van der Waals surface area (Å²) in [6.45, 7) is 6.21. The molecule has 0 radical (unpaired) electrons. The molecule has 0 spiro atoms. The largest absolute Gasteiger partial charge is 0.328 e. The Kier molecular flexibility index (Phi) is 9.36. The van der Waals surface area contributed by atoms with Crippen LogP contribution in [0.2, 0.25) is 0 Å². The van der Waals surface area contributed by atoms with Crippen LogP contribution in [-0.2, 0) is 0 Å². The molecular weight excluding hydrogens is 304 g/mol. The molecule has 3 heteroatoms. The van der Waals surface area contributed by atoms with Crippen LogP contribution in [0.25, 0.3) is 0 Å². The van der Waals surface area contributed by atoms with Crippen LogP contribution in [0.5, 0.6) is 0 Å². The van der Waals surface area contributed by atoms with Crippen LogP contribution in [0.3, 0.4) is 0 Å². The van der Waals surface area contributed by atoms with Gasteiger partial charge in [0, 0.05) is 6.04 Å². The Bertz CT molecular complexity index is 506. The van der Waals surface area contributed by atoms with Gasteiger partial charge in [-0.1, -0.05) is 37.3 Å². The monoisotopic (exact) mass is 335 g/mol. The van der Waals surface area contributed by atoms with E-state index in [0.717, 1.165) is 24.0 Å². The molecule has 128 valence electrons. The molecule has 1 rings (SSSR count). The zero-order valence-electron chi connectivity index (χ0n) is 14.6. The Balaban J connectivity index is 2.82. The highest BCUT2D eigenvalue weighted by Crippen LogP contribution is 2.30. The van der Waals surface area contributed by atoms with Crippen molar-refractivity contribution in [2.24, 2.45) is 17.6 Å². The minimum absolute atomic E-state index is 0.245. The first kappa shape index (κ1) is 20.1. The number of allylic oxidation sites excluding steroid dienone is 9. The third-order valence-corrected chi connectivity index (χ3v) is 4.90. The fraction of sp³-hybridized carbons (Fsp3) is 0.500. The van der Waals surface area contributed by atoms with Gasteiger partial charge in [0.1, 0.15) is 5.83 Å². The molecule has 23 heavy (non-hydrogen) atoms. The maximum Gasteiger partial charge on any atom is 0.123 e. The van der Waals surface area contributed by atoms with Gasteiger partial charge < -0.3 is 5.73 Å². The molecule has 1 saturated carbocycles. The second-order valence-electron chi connectivity index (χ2n) is 6.29. The van der Waals surface area contributed by atoms with Gasteiger partial charge >= 0.3 is 0 Å². The van der Waals surface area contributed by atoms with Crippen molar-refractivity contribution in [3.8, 4) is 0 Å². The van der Waals surface area contributed by atoms with Gasteiger partial charge in [-0.3, -0.25) is 0 Å². The van der Waals surface area contributed by atoms with Gasteiger partial charge in [0.15, 0.2) is 0 Å². The lowest BCUT2D eigenvalue weighted by Gasteiger charge is -2.29. The summed E-state index contributed by atoms with van der Waals surface area (Å²) in [5, 5.41) is 0. The van der Waals surface area contributed by atoms with Gasteiger partial charge in [-0.05, 0) is 74.4 Å². The first-order valence-corrected chi connectivity index (χ1v) is 9.20. The zero-order chi connectivity index (χ0) is 17.2. The number of rotatable bonds is 6. The molecule has 0 aromatic heterocycles. The lowest BCUT2D eigenvalue weighted by atomic mass is 9.79. The van der Waals surface area contributed by atoms with Crippen LogP contribution in [0.15, 0.2) is 59.2 Å². The molecule has 0 heterocycles. The highest BCUT2D eigenvalue weighted by atomic mass is 31.0. The predicted octanol–water partition coefficient (Wildman–Crippen LogP) is 5.83. The Hall–Kier alpha value is -0.980. The Morgan fingerprint density at radius 2 is 1.78 bits per heavy atom. The molecule has 1 fully saturated rings. The summed E-state index contributed by atoms with van der Waals surface area (Å²) >= 11 is 0. The van der Waals surface area contributed by atoms with E-state index in [4.69, 9.17) is 5.73 Å². The third-order valence-electron chi connectivity index (χ3n) is 4.58. The smallest absolute Gasteiger partial charge is 0.123 e. The van der Waals surface area contributed by atoms with E-state index in [2.05, 4.69) is 28.3 Å². The van der Waals surface area contributed by atoms with Gasteiger partial charge in [-0.2, -0.15) is 0 Å². The van der Waals surface area contributed by atoms with Crippen molar-refractivity contribution in [1.82, 2.24) is 0 Å². The predicted molar refractivity (Wildman–Crippen MR) is 104 cm³/mol. The van der Waals surface area contributed by atoms with E-state index in [1.165, 1.54) is 18.7 Å².